The average molecular weight is 360 g/mol. The molecule has 3 heterocycles. The number of carbonyl (C=O) groups is 1. The second-order valence-electron chi connectivity index (χ2n) is 6.75. The zero-order valence-electron chi connectivity index (χ0n) is 14.9. The maximum Gasteiger partial charge on any atom is 0.254 e. The Balaban J connectivity index is 1.61. The van der Waals surface area contributed by atoms with Crippen LogP contribution in [-0.2, 0) is 16.5 Å². The van der Waals surface area contributed by atoms with Crippen LogP contribution in [0.2, 0.25) is 0 Å². The molecule has 140 valence electrons. The summed E-state index contributed by atoms with van der Waals surface area (Å²) in [6.07, 6.45) is -0.645. The Morgan fingerprint density at radius 3 is 2.77 bits per heavy atom. The van der Waals surface area contributed by atoms with Crippen molar-refractivity contribution in [1.29, 1.82) is 0 Å². The Morgan fingerprint density at radius 1 is 1.19 bits per heavy atom. The summed E-state index contributed by atoms with van der Waals surface area (Å²) in [5, 5.41) is 9.86. The van der Waals surface area contributed by atoms with E-state index < -0.39 is 6.10 Å². The lowest BCUT2D eigenvalue weighted by Crippen LogP contribution is -2.37. The summed E-state index contributed by atoms with van der Waals surface area (Å²) in [6, 6.07) is 5.59. The number of fused-ring (bicyclic) bond motifs is 1. The summed E-state index contributed by atoms with van der Waals surface area (Å²) >= 11 is 0. The zero-order valence-corrected chi connectivity index (χ0v) is 14.9. The molecule has 0 radical (unpaired) electrons. The van der Waals surface area contributed by atoms with Crippen LogP contribution in [0.25, 0.3) is 11.0 Å². The van der Waals surface area contributed by atoms with E-state index in [0.717, 1.165) is 30.1 Å². The van der Waals surface area contributed by atoms with Gasteiger partial charge in [-0.1, -0.05) is 0 Å². The highest BCUT2D eigenvalue weighted by Gasteiger charge is 2.23. The first-order chi connectivity index (χ1) is 12.6. The number of β-amino-alcohol motifs (C(OH)–C–C–N with tert-alkyl or cyclic N) is 1. The molecule has 1 aromatic heterocycles. The van der Waals surface area contributed by atoms with Crippen molar-refractivity contribution >= 4 is 22.9 Å². The summed E-state index contributed by atoms with van der Waals surface area (Å²) in [7, 11) is 1.99. The van der Waals surface area contributed by atoms with Gasteiger partial charge in [0.05, 0.1) is 43.6 Å². The van der Waals surface area contributed by atoms with Gasteiger partial charge in [0, 0.05) is 38.8 Å². The number of aryl methyl sites for hydroxylation is 1. The molecular weight excluding hydrogens is 336 g/mol. The maximum atomic E-state index is 12.8. The number of benzene rings is 1. The van der Waals surface area contributed by atoms with Gasteiger partial charge >= 0.3 is 0 Å². The van der Waals surface area contributed by atoms with Crippen LogP contribution in [0.5, 0.6) is 0 Å². The van der Waals surface area contributed by atoms with Crippen LogP contribution in [0.4, 0.5) is 5.95 Å². The number of amides is 1. The van der Waals surface area contributed by atoms with Gasteiger partial charge in [0.2, 0.25) is 5.95 Å². The van der Waals surface area contributed by atoms with Crippen molar-refractivity contribution in [3.63, 3.8) is 0 Å². The number of nitrogens with zero attached hydrogens (tertiary/aromatic N) is 4. The van der Waals surface area contributed by atoms with Crippen LogP contribution >= 0.6 is 0 Å². The zero-order chi connectivity index (χ0) is 18.1. The van der Waals surface area contributed by atoms with Crippen LogP contribution < -0.4 is 4.90 Å². The van der Waals surface area contributed by atoms with Gasteiger partial charge < -0.3 is 28.9 Å². The number of imidazole rings is 1. The largest absolute Gasteiger partial charge is 0.389 e. The first kappa shape index (κ1) is 17.3. The summed E-state index contributed by atoms with van der Waals surface area (Å²) < 4.78 is 12.8. The number of aromatic nitrogens is 2. The number of aliphatic hydroxyl groups is 1. The van der Waals surface area contributed by atoms with Crippen LogP contribution in [0, 0.1) is 0 Å². The molecule has 0 aliphatic carbocycles. The molecule has 1 aromatic carbocycles. The minimum atomic E-state index is -0.645. The van der Waals surface area contributed by atoms with E-state index in [4.69, 9.17) is 14.5 Å². The topological polar surface area (TPSA) is 80.1 Å². The molecule has 0 saturated carbocycles. The van der Waals surface area contributed by atoms with Crippen LogP contribution in [-0.4, -0.2) is 84.2 Å². The summed E-state index contributed by atoms with van der Waals surface area (Å²) in [5.74, 6) is 0.793. The molecule has 26 heavy (non-hydrogen) atoms. The summed E-state index contributed by atoms with van der Waals surface area (Å²) in [4.78, 5) is 21.4. The smallest absolute Gasteiger partial charge is 0.254 e. The quantitative estimate of drug-likeness (QED) is 0.827. The fraction of sp³-hybridized carbons (Fsp3) is 0.556. The van der Waals surface area contributed by atoms with Gasteiger partial charge in [-0.3, -0.25) is 4.79 Å². The Labute approximate surface area is 151 Å². The molecule has 2 aromatic rings. The molecule has 0 bridgehead atoms. The number of aliphatic hydroxyl groups excluding tert-OH is 1. The van der Waals surface area contributed by atoms with Gasteiger partial charge in [0.1, 0.15) is 0 Å². The second-order valence-corrected chi connectivity index (χ2v) is 6.75. The van der Waals surface area contributed by atoms with E-state index in [1.165, 1.54) is 0 Å². The van der Waals surface area contributed by atoms with Crippen molar-refractivity contribution < 1.29 is 19.4 Å². The number of morpholine rings is 1. The van der Waals surface area contributed by atoms with E-state index in [1.807, 2.05) is 25.2 Å². The van der Waals surface area contributed by atoms with Crippen molar-refractivity contribution in [2.24, 2.45) is 7.05 Å². The first-order valence-corrected chi connectivity index (χ1v) is 8.98. The van der Waals surface area contributed by atoms with E-state index in [2.05, 4.69) is 9.47 Å². The van der Waals surface area contributed by atoms with Crippen LogP contribution in [0.1, 0.15) is 10.4 Å². The van der Waals surface area contributed by atoms with Gasteiger partial charge in [-0.05, 0) is 18.2 Å². The van der Waals surface area contributed by atoms with Crippen molar-refractivity contribution in [3.8, 4) is 0 Å². The molecule has 2 aliphatic rings. The normalized spacial score (nSPS) is 21.8. The Bertz CT molecular complexity index is 800. The van der Waals surface area contributed by atoms with Gasteiger partial charge in [-0.2, -0.15) is 0 Å². The number of anilines is 1. The van der Waals surface area contributed by atoms with Crippen molar-refractivity contribution in [1.82, 2.24) is 14.5 Å². The van der Waals surface area contributed by atoms with Gasteiger partial charge in [-0.25, -0.2) is 4.98 Å². The van der Waals surface area contributed by atoms with E-state index >= 15 is 0 Å². The highest BCUT2D eigenvalue weighted by Crippen LogP contribution is 2.23. The van der Waals surface area contributed by atoms with E-state index in [0.29, 0.717) is 31.9 Å². The third-order valence-corrected chi connectivity index (χ3v) is 4.93. The number of ether oxygens (including phenoxy) is 2. The first-order valence-electron chi connectivity index (χ1n) is 8.98. The molecule has 8 heteroatoms. The SMILES string of the molecule is Cn1c(N2CCOCC2)nc2cc(C(=O)N3CCOC[C@H](O)C3)ccc21. The lowest BCUT2D eigenvalue weighted by Gasteiger charge is -2.27. The Kier molecular flexibility index (Phi) is 4.80. The highest BCUT2D eigenvalue weighted by atomic mass is 16.5. The molecule has 0 unspecified atom stereocenters. The maximum absolute atomic E-state index is 12.8. The second kappa shape index (κ2) is 7.22. The standard InChI is InChI=1S/C18H24N4O4/c1-20-16-3-2-13(17(24)22-6-9-26-12-14(23)11-22)10-15(16)19-18(20)21-4-7-25-8-5-21/h2-3,10,14,23H,4-9,11-12H2,1H3/t14-/m1/s1. The number of carbonyl (C=O) groups excluding carboxylic acids is 1. The molecule has 1 amide bonds. The van der Waals surface area contributed by atoms with Crippen molar-refractivity contribution in [3.05, 3.63) is 23.8 Å². The van der Waals surface area contributed by atoms with Crippen molar-refractivity contribution in [2.45, 2.75) is 6.10 Å². The van der Waals surface area contributed by atoms with Gasteiger partial charge in [0.25, 0.3) is 5.91 Å². The molecule has 2 aliphatic heterocycles. The van der Waals surface area contributed by atoms with E-state index in [-0.39, 0.29) is 19.1 Å². The number of rotatable bonds is 2. The minimum Gasteiger partial charge on any atom is -0.389 e. The lowest BCUT2D eigenvalue weighted by atomic mass is 10.1. The predicted molar refractivity (Wildman–Crippen MR) is 96.5 cm³/mol. The molecule has 4 rings (SSSR count). The van der Waals surface area contributed by atoms with Crippen molar-refractivity contribution in [2.75, 3.05) is 57.5 Å². The fourth-order valence-corrected chi connectivity index (χ4v) is 3.53. The van der Waals surface area contributed by atoms with Gasteiger partial charge in [-0.15, -0.1) is 0 Å². The van der Waals surface area contributed by atoms with Gasteiger partial charge in [0.15, 0.2) is 0 Å². The number of hydrogen-bond donors (Lipinski definition) is 1. The molecule has 2 saturated heterocycles. The molecule has 0 spiro atoms. The highest BCUT2D eigenvalue weighted by molar-refractivity contribution is 5.97. The monoisotopic (exact) mass is 360 g/mol. The lowest BCUT2D eigenvalue weighted by molar-refractivity contribution is 0.0534. The predicted octanol–water partition coefficient (Wildman–Crippen LogP) is 0.243. The summed E-state index contributed by atoms with van der Waals surface area (Å²) in [5.41, 5.74) is 2.37. The minimum absolute atomic E-state index is 0.102. The van der Waals surface area contributed by atoms with Crippen LogP contribution in [0.15, 0.2) is 18.2 Å². The molecule has 8 nitrogen and oxygen atoms in total. The van der Waals surface area contributed by atoms with E-state index in [1.54, 1.807) is 4.90 Å². The molecule has 2 fully saturated rings. The average Bonchev–Trinajstić information content (AvgIpc) is 2.84. The third-order valence-electron chi connectivity index (χ3n) is 4.93. The fourth-order valence-electron chi connectivity index (χ4n) is 3.53. The summed E-state index contributed by atoms with van der Waals surface area (Å²) in [6.45, 7) is 4.51. The van der Waals surface area contributed by atoms with Crippen LogP contribution in [0.3, 0.4) is 0 Å². The van der Waals surface area contributed by atoms with E-state index in [9.17, 15) is 9.90 Å². The molecular formula is C18H24N4O4. The Hall–Kier alpha value is -2.16. The Morgan fingerprint density at radius 2 is 1.96 bits per heavy atom. The number of hydrogen-bond acceptors (Lipinski definition) is 6. The third kappa shape index (κ3) is 3.27. The molecule has 1 atom stereocenters. The molecule has 1 N–H and O–H groups in total.